The third kappa shape index (κ3) is 5.62. The van der Waals surface area contributed by atoms with Crippen LogP contribution in [0.2, 0.25) is 0 Å². The zero-order valence-electron chi connectivity index (χ0n) is 29.6. The number of hydrogen-bond acceptors (Lipinski definition) is 2. The highest BCUT2D eigenvalue weighted by atomic mass is 16.5. The lowest BCUT2D eigenvalue weighted by Gasteiger charge is -2.30. The molecule has 0 atom stereocenters. The maximum absolute atomic E-state index is 7.03. The maximum atomic E-state index is 7.03. The molecule has 0 spiro atoms. The summed E-state index contributed by atoms with van der Waals surface area (Å²) >= 11 is 0. The van der Waals surface area contributed by atoms with E-state index in [-0.39, 0.29) is 0 Å². The summed E-state index contributed by atoms with van der Waals surface area (Å²) < 4.78 is 7.03. The van der Waals surface area contributed by atoms with Crippen LogP contribution in [0.1, 0.15) is 0 Å². The molecule has 2 nitrogen and oxygen atoms in total. The minimum atomic E-state index is 0.818. The fourth-order valence-electron chi connectivity index (χ4n) is 7.86. The molecular formula is C52H35NO. The Bertz CT molecular complexity index is 2770. The van der Waals surface area contributed by atoms with Crippen LogP contribution in [0.15, 0.2) is 212 Å². The Morgan fingerprint density at radius 3 is 1.54 bits per heavy atom. The lowest BCUT2D eigenvalue weighted by atomic mass is 9.89. The average Bonchev–Trinajstić information content (AvgIpc) is 3.38. The van der Waals surface area contributed by atoms with E-state index < -0.39 is 0 Å². The van der Waals surface area contributed by atoms with E-state index >= 15 is 0 Å². The first-order valence-electron chi connectivity index (χ1n) is 18.4. The van der Waals surface area contributed by atoms with Gasteiger partial charge >= 0.3 is 0 Å². The lowest BCUT2D eigenvalue weighted by molar-refractivity contribution is 0.488. The predicted octanol–water partition coefficient (Wildman–Crippen LogP) is 14.8. The number of hydrogen-bond donors (Lipinski definition) is 0. The quantitative estimate of drug-likeness (QED) is 0.172. The molecule has 0 unspecified atom stereocenters. The summed E-state index contributed by atoms with van der Waals surface area (Å²) in [5.74, 6) is 1.66. The molecule has 0 amide bonds. The molecule has 9 aromatic rings. The topological polar surface area (TPSA) is 12.5 Å². The molecule has 1 heterocycles. The van der Waals surface area contributed by atoms with Crippen molar-refractivity contribution >= 4 is 27.8 Å². The van der Waals surface area contributed by atoms with Crippen LogP contribution >= 0.6 is 0 Å². The molecule has 10 rings (SSSR count). The summed E-state index contributed by atoms with van der Waals surface area (Å²) in [7, 11) is 0. The minimum Gasteiger partial charge on any atom is -0.456 e. The van der Waals surface area contributed by atoms with Gasteiger partial charge in [-0.15, -0.1) is 0 Å². The molecule has 1 aliphatic heterocycles. The van der Waals surface area contributed by atoms with Gasteiger partial charge in [-0.25, -0.2) is 0 Å². The van der Waals surface area contributed by atoms with Gasteiger partial charge in [-0.2, -0.15) is 0 Å². The lowest BCUT2D eigenvalue weighted by Crippen LogP contribution is -2.13. The highest BCUT2D eigenvalue weighted by molar-refractivity contribution is 6.05. The number of rotatable bonds is 6. The van der Waals surface area contributed by atoms with Crippen molar-refractivity contribution in [3.05, 3.63) is 212 Å². The van der Waals surface area contributed by atoms with E-state index in [1.54, 1.807) is 0 Å². The Hall–Kier alpha value is -7.16. The summed E-state index contributed by atoms with van der Waals surface area (Å²) in [4.78, 5) is 2.41. The zero-order chi connectivity index (χ0) is 35.8. The second kappa shape index (κ2) is 13.4. The maximum Gasteiger partial charge on any atom is 0.137 e. The molecule has 1 aliphatic rings. The van der Waals surface area contributed by atoms with Gasteiger partial charge in [0.15, 0.2) is 0 Å². The number of anilines is 3. The fourth-order valence-corrected chi connectivity index (χ4v) is 7.86. The Kier molecular flexibility index (Phi) is 7.85. The molecule has 0 fully saturated rings. The predicted molar refractivity (Wildman–Crippen MR) is 226 cm³/mol. The fraction of sp³-hybridized carbons (Fsp3) is 0. The molecule has 54 heavy (non-hydrogen) atoms. The number of nitrogens with zero attached hydrogens (tertiary/aromatic N) is 1. The Balaban J connectivity index is 1.24. The SMILES string of the molecule is c1ccc(-c2ccc(N(c3ccccc3-c3ccccc3)c3cccc4c3-c3cc5ccccc5cc3-c3cc(-c5ccccc5)ccc3O4)cc2)cc1. The normalized spacial score (nSPS) is 11.5. The van der Waals surface area contributed by atoms with E-state index in [1.165, 1.54) is 27.5 Å². The molecule has 9 aromatic carbocycles. The van der Waals surface area contributed by atoms with E-state index in [2.05, 4.69) is 217 Å². The molecule has 0 saturated carbocycles. The average molecular weight is 690 g/mol. The monoisotopic (exact) mass is 689 g/mol. The van der Waals surface area contributed by atoms with Crippen molar-refractivity contribution in [3.63, 3.8) is 0 Å². The van der Waals surface area contributed by atoms with Crippen LogP contribution in [0, 0.1) is 0 Å². The number of benzene rings is 9. The first kappa shape index (κ1) is 31.6. The largest absolute Gasteiger partial charge is 0.456 e. The van der Waals surface area contributed by atoms with Gasteiger partial charge < -0.3 is 9.64 Å². The van der Waals surface area contributed by atoms with Crippen LogP contribution in [-0.4, -0.2) is 0 Å². The van der Waals surface area contributed by atoms with Crippen molar-refractivity contribution in [1.82, 2.24) is 0 Å². The summed E-state index contributed by atoms with van der Waals surface area (Å²) in [5, 5.41) is 2.37. The molecule has 0 aliphatic carbocycles. The number of fused-ring (bicyclic) bond motifs is 6. The summed E-state index contributed by atoms with van der Waals surface area (Å²) in [6.45, 7) is 0. The van der Waals surface area contributed by atoms with Gasteiger partial charge in [0, 0.05) is 22.4 Å². The van der Waals surface area contributed by atoms with Gasteiger partial charge in [0.1, 0.15) is 11.5 Å². The van der Waals surface area contributed by atoms with Crippen molar-refractivity contribution in [2.45, 2.75) is 0 Å². The van der Waals surface area contributed by atoms with Gasteiger partial charge in [0.25, 0.3) is 0 Å². The highest BCUT2D eigenvalue weighted by Crippen LogP contribution is 2.54. The molecule has 0 N–H and O–H groups in total. The van der Waals surface area contributed by atoms with E-state index in [9.17, 15) is 0 Å². The van der Waals surface area contributed by atoms with Crippen LogP contribution < -0.4 is 9.64 Å². The number of para-hydroxylation sites is 1. The minimum absolute atomic E-state index is 0.818. The van der Waals surface area contributed by atoms with E-state index in [4.69, 9.17) is 4.74 Å². The highest BCUT2D eigenvalue weighted by Gasteiger charge is 2.28. The molecular weight excluding hydrogens is 655 g/mol. The second-order valence-electron chi connectivity index (χ2n) is 13.7. The van der Waals surface area contributed by atoms with Crippen molar-refractivity contribution in [2.24, 2.45) is 0 Å². The van der Waals surface area contributed by atoms with Crippen molar-refractivity contribution < 1.29 is 4.74 Å². The van der Waals surface area contributed by atoms with Gasteiger partial charge in [-0.05, 0) is 104 Å². The third-order valence-corrected chi connectivity index (χ3v) is 10.5. The van der Waals surface area contributed by atoms with Crippen molar-refractivity contribution in [1.29, 1.82) is 0 Å². The smallest absolute Gasteiger partial charge is 0.137 e. The van der Waals surface area contributed by atoms with Crippen LogP contribution in [0.25, 0.3) is 66.4 Å². The zero-order valence-corrected chi connectivity index (χ0v) is 29.6. The van der Waals surface area contributed by atoms with Gasteiger partial charge in [-0.3, -0.25) is 0 Å². The van der Waals surface area contributed by atoms with E-state index in [0.717, 1.165) is 67.5 Å². The van der Waals surface area contributed by atoms with Crippen LogP contribution in [0.3, 0.4) is 0 Å². The first-order chi connectivity index (χ1) is 26.8. The molecule has 0 radical (unpaired) electrons. The second-order valence-corrected chi connectivity index (χ2v) is 13.7. The standard InChI is InChI=1S/C52H35NO/c1-4-15-36(16-5-1)38-27-30-43(31-28-38)53(48-24-13-12-23-44(48)39-19-8-3-9-20-39)49-25-14-26-51-52(49)47-35-41-22-11-10-21-40(41)33-45(47)46-34-42(29-32-50(46)54-51)37-17-6-2-7-18-37/h1-35H. The Morgan fingerprint density at radius 2 is 0.833 bits per heavy atom. The van der Waals surface area contributed by atoms with Crippen LogP contribution in [0.4, 0.5) is 17.1 Å². The van der Waals surface area contributed by atoms with E-state index in [1.807, 2.05) is 0 Å². The van der Waals surface area contributed by atoms with Gasteiger partial charge in [0.05, 0.1) is 11.4 Å². The summed E-state index contributed by atoms with van der Waals surface area (Å²) in [5.41, 5.74) is 14.6. The summed E-state index contributed by atoms with van der Waals surface area (Å²) in [6, 6.07) is 75.8. The van der Waals surface area contributed by atoms with Gasteiger partial charge in [-0.1, -0.05) is 158 Å². The molecule has 0 aromatic heterocycles. The van der Waals surface area contributed by atoms with Crippen LogP contribution in [-0.2, 0) is 0 Å². The Morgan fingerprint density at radius 1 is 0.296 bits per heavy atom. The first-order valence-corrected chi connectivity index (χ1v) is 18.4. The van der Waals surface area contributed by atoms with E-state index in [0.29, 0.717) is 0 Å². The molecule has 254 valence electrons. The third-order valence-electron chi connectivity index (χ3n) is 10.5. The molecule has 0 saturated heterocycles. The van der Waals surface area contributed by atoms with Crippen molar-refractivity contribution in [2.75, 3.05) is 4.90 Å². The van der Waals surface area contributed by atoms with Crippen molar-refractivity contribution in [3.8, 4) is 67.1 Å². The molecule has 0 bridgehead atoms. The summed E-state index contributed by atoms with van der Waals surface area (Å²) in [6.07, 6.45) is 0. The molecule has 2 heteroatoms. The van der Waals surface area contributed by atoms with Gasteiger partial charge in [0.2, 0.25) is 0 Å². The van der Waals surface area contributed by atoms with Crippen LogP contribution in [0.5, 0.6) is 11.5 Å². The number of ether oxygens (including phenoxy) is 1. The Labute approximate surface area is 315 Å².